The van der Waals surface area contributed by atoms with Crippen molar-refractivity contribution in [2.75, 3.05) is 33.2 Å². The van der Waals surface area contributed by atoms with Crippen molar-refractivity contribution in [2.24, 2.45) is 5.92 Å². The molecule has 2 aliphatic rings. The van der Waals surface area contributed by atoms with Crippen LogP contribution in [0, 0.1) is 5.92 Å². The van der Waals surface area contributed by atoms with Crippen molar-refractivity contribution < 1.29 is 9.90 Å². The molecule has 0 aromatic carbocycles. The van der Waals surface area contributed by atoms with Gasteiger partial charge in [-0.1, -0.05) is 25.7 Å². The number of urea groups is 1. The summed E-state index contributed by atoms with van der Waals surface area (Å²) in [7, 11) is 2.17. The van der Waals surface area contributed by atoms with Crippen LogP contribution in [0.2, 0.25) is 0 Å². The first-order chi connectivity index (χ1) is 10.6. The normalized spacial score (nSPS) is 23.7. The largest absolute Gasteiger partial charge is 0.388 e. The van der Waals surface area contributed by atoms with Crippen LogP contribution in [-0.4, -0.2) is 54.9 Å². The summed E-state index contributed by atoms with van der Waals surface area (Å²) < 4.78 is 0. The molecule has 2 amide bonds. The molecule has 0 aromatic rings. The number of amides is 2. The number of nitrogens with one attached hydrogen (secondary N) is 2. The number of nitrogens with zero attached hydrogens (tertiary/aromatic N) is 1. The Hall–Kier alpha value is -0.810. The van der Waals surface area contributed by atoms with Crippen molar-refractivity contribution in [3.05, 3.63) is 0 Å². The van der Waals surface area contributed by atoms with Gasteiger partial charge in [-0.3, -0.25) is 0 Å². The molecule has 2 rings (SSSR count). The van der Waals surface area contributed by atoms with Gasteiger partial charge < -0.3 is 20.6 Å². The number of piperidine rings is 1. The van der Waals surface area contributed by atoms with E-state index in [9.17, 15) is 9.90 Å². The van der Waals surface area contributed by atoms with E-state index < -0.39 is 5.60 Å². The third kappa shape index (κ3) is 6.13. The molecule has 3 N–H and O–H groups in total. The predicted octanol–water partition coefficient (Wildman–Crippen LogP) is 2.10. The minimum atomic E-state index is -0.693. The second-order valence-electron chi connectivity index (χ2n) is 7.28. The number of carbonyl (C=O) groups is 1. The predicted molar refractivity (Wildman–Crippen MR) is 88.9 cm³/mol. The molecule has 1 heterocycles. The van der Waals surface area contributed by atoms with E-state index in [1.165, 1.54) is 38.8 Å². The summed E-state index contributed by atoms with van der Waals surface area (Å²) in [6.07, 6.45) is 9.68. The molecule has 1 saturated heterocycles. The molecule has 0 aromatic heterocycles. The van der Waals surface area contributed by atoms with Gasteiger partial charge in [-0.25, -0.2) is 4.79 Å². The topological polar surface area (TPSA) is 64.6 Å². The van der Waals surface area contributed by atoms with Gasteiger partial charge in [0.15, 0.2) is 0 Å². The summed E-state index contributed by atoms with van der Waals surface area (Å²) in [6, 6.07) is -0.134. The highest BCUT2D eigenvalue weighted by Crippen LogP contribution is 2.26. The van der Waals surface area contributed by atoms with E-state index in [0.29, 0.717) is 6.54 Å². The molecule has 0 atom stereocenters. The van der Waals surface area contributed by atoms with Crippen molar-refractivity contribution in [3.8, 4) is 0 Å². The highest BCUT2D eigenvalue weighted by molar-refractivity contribution is 5.73. The molecular formula is C17H33N3O2. The zero-order valence-electron chi connectivity index (χ0n) is 14.1. The van der Waals surface area contributed by atoms with Gasteiger partial charge in [-0.2, -0.15) is 0 Å². The van der Waals surface area contributed by atoms with E-state index in [2.05, 4.69) is 22.6 Å². The van der Waals surface area contributed by atoms with Crippen LogP contribution in [0.5, 0.6) is 0 Å². The van der Waals surface area contributed by atoms with Gasteiger partial charge in [-0.15, -0.1) is 0 Å². The number of aliphatic hydroxyl groups is 1. The van der Waals surface area contributed by atoms with Crippen LogP contribution in [-0.2, 0) is 0 Å². The molecule has 2 fully saturated rings. The number of carbonyl (C=O) groups excluding carboxylic acids is 1. The third-order valence-corrected chi connectivity index (χ3v) is 5.29. The van der Waals surface area contributed by atoms with Crippen LogP contribution in [0.3, 0.4) is 0 Å². The summed E-state index contributed by atoms with van der Waals surface area (Å²) in [6.45, 7) is 3.46. The van der Waals surface area contributed by atoms with E-state index in [-0.39, 0.29) is 6.03 Å². The zero-order chi connectivity index (χ0) is 15.8. The van der Waals surface area contributed by atoms with E-state index in [4.69, 9.17) is 0 Å². The zero-order valence-corrected chi connectivity index (χ0v) is 14.1. The van der Waals surface area contributed by atoms with Crippen LogP contribution in [0.1, 0.15) is 57.8 Å². The van der Waals surface area contributed by atoms with Crippen LogP contribution >= 0.6 is 0 Å². The van der Waals surface area contributed by atoms with Crippen molar-refractivity contribution in [2.45, 2.75) is 63.4 Å². The van der Waals surface area contributed by atoms with E-state index in [0.717, 1.165) is 44.6 Å². The molecule has 0 spiro atoms. The van der Waals surface area contributed by atoms with Gasteiger partial charge in [0.25, 0.3) is 0 Å². The maximum Gasteiger partial charge on any atom is 0.314 e. The Morgan fingerprint density at radius 3 is 2.41 bits per heavy atom. The Labute approximate surface area is 134 Å². The average molecular weight is 311 g/mol. The lowest BCUT2D eigenvalue weighted by Crippen LogP contribution is -2.46. The fourth-order valence-corrected chi connectivity index (χ4v) is 3.61. The Balaban J connectivity index is 1.57. The molecule has 0 unspecified atom stereocenters. The molecule has 5 heteroatoms. The van der Waals surface area contributed by atoms with Crippen molar-refractivity contribution in [1.82, 2.24) is 15.5 Å². The average Bonchev–Trinajstić information content (AvgIpc) is 2.73. The summed E-state index contributed by atoms with van der Waals surface area (Å²) in [5.41, 5.74) is -0.693. The molecule has 0 bridgehead atoms. The maximum atomic E-state index is 11.9. The molecule has 128 valence electrons. The lowest BCUT2D eigenvalue weighted by molar-refractivity contribution is 0.0276. The van der Waals surface area contributed by atoms with Gasteiger partial charge in [0.05, 0.1) is 5.60 Å². The molecule has 22 heavy (non-hydrogen) atoms. The standard InChI is InChI=1S/C17H33N3O2/c1-20-12-7-15(8-13-20)6-11-18-16(21)19-14-17(22)9-4-2-3-5-10-17/h15,22H,2-14H2,1H3,(H2,18,19,21). The van der Waals surface area contributed by atoms with Crippen LogP contribution in [0.25, 0.3) is 0 Å². The van der Waals surface area contributed by atoms with Crippen LogP contribution < -0.4 is 10.6 Å². The molecule has 1 saturated carbocycles. The Bertz CT molecular complexity index is 333. The van der Waals surface area contributed by atoms with Crippen LogP contribution in [0.15, 0.2) is 0 Å². The summed E-state index contributed by atoms with van der Waals surface area (Å²) in [4.78, 5) is 14.2. The van der Waals surface area contributed by atoms with E-state index >= 15 is 0 Å². The minimum absolute atomic E-state index is 0.134. The summed E-state index contributed by atoms with van der Waals surface area (Å²) >= 11 is 0. The summed E-state index contributed by atoms with van der Waals surface area (Å²) in [5, 5.41) is 16.3. The van der Waals surface area contributed by atoms with Gasteiger partial charge >= 0.3 is 6.03 Å². The van der Waals surface area contributed by atoms with Gasteiger partial charge in [-0.05, 0) is 58.2 Å². The highest BCUT2D eigenvalue weighted by Gasteiger charge is 2.28. The second-order valence-corrected chi connectivity index (χ2v) is 7.28. The molecule has 1 aliphatic carbocycles. The fraction of sp³-hybridized carbons (Fsp3) is 0.941. The maximum absolute atomic E-state index is 11.9. The number of rotatable bonds is 5. The SMILES string of the molecule is CN1CCC(CCNC(=O)NCC2(O)CCCCCC2)CC1. The van der Waals surface area contributed by atoms with Gasteiger partial charge in [0.2, 0.25) is 0 Å². The van der Waals surface area contributed by atoms with Crippen LogP contribution in [0.4, 0.5) is 4.79 Å². The summed E-state index contributed by atoms with van der Waals surface area (Å²) in [5.74, 6) is 0.738. The molecular weight excluding hydrogens is 278 g/mol. The highest BCUT2D eigenvalue weighted by atomic mass is 16.3. The molecule has 5 nitrogen and oxygen atoms in total. The van der Waals surface area contributed by atoms with Crippen molar-refractivity contribution >= 4 is 6.03 Å². The quantitative estimate of drug-likeness (QED) is 0.681. The number of hydrogen-bond acceptors (Lipinski definition) is 3. The van der Waals surface area contributed by atoms with Gasteiger partial charge in [0.1, 0.15) is 0 Å². The van der Waals surface area contributed by atoms with Gasteiger partial charge in [0, 0.05) is 13.1 Å². The smallest absolute Gasteiger partial charge is 0.314 e. The lowest BCUT2D eigenvalue weighted by Gasteiger charge is -2.29. The first kappa shape index (κ1) is 17.5. The Morgan fingerprint density at radius 1 is 1.14 bits per heavy atom. The first-order valence-electron chi connectivity index (χ1n) is 9.00. The fourth-order valence-electron chi connectivity index (χ4n) is 3.61. The lowest BCUT2D eigenvalue weighted by atomic mass is 9.94. The Kier molecular flexibility index (Phi) is 6.96. The molecule has 1 aliphatic heterocycles. The molecule has 0 radical (unpaired) electrons. The first-order valence-corrected chi connectivity index (χ1v) is 9.00. The van der Waals surface area contributed by atoms with Crippen molar-refractivity contribution in [3.63, 3.8) is 0 Å². The van der Waals surface area contributed by atoms with E-state index in [1.54, 1.807) is 0 Å². The number of hydrogen-bond donors (Lipinski definition) is 3. The Morgan fingerprint density at radius 2 is 1.77 bits per heavy atom. The second kappa shape index (κ2) is 8.73. The monoisotopic (exact) mass is 311 g/mol. The third-order valence-electron chi connectivity index (χ3n) is 5.29. The number of likely N-dealkylation sites (tertiary alicyclic amines) is 1. The minimum Gasteiger partial charge on any atom is -0.388 e. The van der Waals surface area contributed by atoms with Crippen molar-refractivity contribution in [1.29, 1.82) is 0 Å². The van der Waals surface area contributed by atoms with E-state index in [1.807, 2.05) is 0 Å².